The summed E-state index contributed by atoms with van der Waals surface area (Å²) in [5.74, 6) is -4.03. The maximum absolute atomic E-state index is 13.2. The lowest BCUT2D eigenvalue weighted by Crippen LogP contribution is -2.71. The van der Waals surface area contributed by atoms with Crippen LogP contribution in [-0.4, -0.2) is 89.7 Å². The number of esters is 2. The highest BCUT2D eigenvalue weighted by atomic mass is 32.2. The molecule has 18 heteroatoms. The van der Waals surface area contributed by atoms with Crippen LogP contribution in [0.3, 0.4) is 0 Å². The normalized spacial score (nSPS) is 19.6. The Kier molecular flexibility index (Phi) is 9.06. The topological polar surface area (TPSA) is 156 Å². The first kappa shape index (κ1) is 28.8. The molecule has 0 saturated carbocycles. The number of halogens is 3. The number of β-lactam (4-membered cyclic amide) rings is 1. The molecule has 3 atom stereocenters. The largest absolute Gasteiger partial charge is 0.442 e. The Morgan fingerprint density at radius 2 is 1.95 bits per heavy atom. The minimum Gasteiger partial charge on any atom is -0.424 e. The van der Waals surface area contributed by atoms with E-state index in [1.165, 1.54) is 35.7 Å². The van der Waals surface area contributed by atoms with Crippen molar-refractivity contribution in [2.75, 3.05) is 18.3 Å². The number of benzene rings is 1. The Hall–Kier alpha value is -3.25. The van der Waals surface area contributed by atoms with Gasteiger partial charge in [-0.25, -0.2) is 14.7 Å². The SMILES string of the molecule is CC(Sc1nnn[nH]1)C1=C(C(=O)OCOC(=O)c2ccccc2)N2C(=O)C(NC(=O)CSC(F)(F)F)[C@@H]2SC1. The highest BCUT2D eigenvalue weighted by Crippen LogP contribution is 2.43. The predicted molar refractivity (Wildman–Crippen MR) is 133 cm³/mol. The zero-order valence-corrected chi connectivity index (χ0v) is 22.3. The van der Waals surface area contributed by atoms with Crippen molar-refractivity contribution in [1.29, 1.82) is 0 Å². The monoisotopic (exact) mass is 604 g/mol. The lowest BCUT2D eigenvalue weighted by molar-refractivity contribution is -0.157. The molecule has 4 rings (SSSR count). The molecular formula is C21H19F3N6O6S3. The number of ether oxygens (including phenoxy) is 2. The van der Waals surface area contributed by atoms with Crippen molar-refractivity contribution >= 4 is 59.0 Å². The summed E-state index contributed by atoms with van der Waals surface area (Å²) in [4.78, 5) is 51.5. The summed E-state index contributed by atoms with van der Waals surface area (Å²) in [5.41, 5.74) is -3.98. The van der Waals surface area contributed by atoms with Crippen LogP contribution in [-0.2, 0) is 23.9 Å². The number of nitrogens with one attached hydrogen (secondary N) is 2. The number of hydrogen-bond acceptors (Lipinski definition) is 12. The number of H-pyrrole nitrogens is 1. The molecule has 2 aliphatic rings. The molecule has 2 unspecified atom stereocenters. The van der Waals surface area contributed by atoms with Gasteiger partial charge < -0.3 is 14.8 Å². The second-order valence-corrected chi connectivity index (χ2v) is 11.4. The molecule has 2 N–H and O–H groups in total. The van der Waals surface area contributed by atoms with Crippen LogP contribution in [0.5, 0.6) is 0 Å². The van der Waals surface area contributed by atoms with Crippen molar-refractivity contribution in [1.82, 2.24) is 30.8 Å². The molecule has 0 radical (unpaired) electrons. The summed E-state index contributed by atoms with van der Waals surface area (Å²) in [6.07, 6.45) is 0. The van der Waals surface area contributed by atoms with Gasteiger partial charge in [-0.05, 0) is 46.8 Å². The van der Waals surface area contributed by atoms with Crippen molar-refractivity contribution in [3.63, 3.8) is 0 Å². The van der Waals surface area contributed by atoms with E-state index < -0.39 is 70.2 Å². The van der Waals surface area contributed by atoms with E-state index in [4.69, 9.17) is 9.47 Å². The zero-order chi connectivity index (χ0) is 28.2. The quantitative estimate of drug-likeness (QED) is 0.176. The molecule has 2 aliphatic heterocycles. The van der Waals surface area contributed by atoms with Crippen molar-refractivity contribution in [3.8, 4) is 0 Å². The van der Waals surface area contributed by atoms with Crippen LogP contribution >= 0.6 is 35.3 Å². The summed E-state index contributed by atoms with van der Waals surface area (Å²) in [5, 5.41) is 14.9. The molecule has 2 amide bonds. The third-order valence-corrected chi connectivity index (χ3v) is 8.44. The van der Waals surface area contributed by atoms with Crippen LogP contribution in [0.1, 0.15) is 17.3 Å². The number of thioether (sulfide) groups is 3. The number of tetrazole rings is 1. The van der Waals surface area contributed by atoms with Crippen molar-refractivity contribution in [2.45, 2.75) is 34.3 Å². The predicted octanol–water partition coefficient (Wildman–Crippen LogP) is 1.95. The van der Waals surface area contributed by atoms with Gasteiger partial charge in [-0.3, -0.25) is 14.5 Å². The van der Waals surface area contributed by atoms with E-state index in [9.17, 15) is 32.3 Å². The van der Waals surface area contributed by atoms with Crippen LogP contribution in [0.25, 0.3) is 0 Å². The number of nitrogens with zero attached hydrogens (tertiary/aromatic N) is 4. The lowest BCUT2D eigenvalue weighted by atomic mass is 10.0. The fourth-order valence-electron chi connectivity index (χ4n) is 3.61. The number of carbonyl (C=O) groups is 4. The fourth-order valence-corrected chi connectivity index (χ4v) is 6.41. The molecule has 12 nitrogen and oxygen atoms in total. The summed E-state index contributed by atoms with van der Waals surface area (Å²) >= 11 is 1.88. The second-order valence-electron chi connectivity index (χ2n) is 7.88. The minimum atomic E-state index is -4.60. The Balaban J connectivity index is 1.47. The Bertz CT molecular complexity index is 1260. The Morgan fingerprint density at radius 3 is 2.62 bits per heavy atom. The van der Waals surface area contributed by atoms with Gasteiger partial charge in [0, 0.05) is 11.0 Å². The van der Waals surface area contributed by atoms with Crippen LogP contribution in [0.2, 0.25) is 0 Å². The lowest BCUT2D eigenvalue weighted by Gasteiger charge is -2.50. The molecule has 3 heterocycles. The molecule has 0 bridgehead atoms. The van der Waals surface area contributed by atoms with E-state index >= 15 is 0 Å². The number of fused-ring (bicyclic) bond motifs is 1. The van der Waals surface area contributed by atoms with Crippen LogP contribution in [0.15, 0.2) is 46.8 Å². The van der Waals surface area contributed by atoms with Gasteiger partial charge in [0.25, 0.3) is 5.91 Å². The average Bonchev–Trinajstić information content (AvgIpc) is 3.42. The van der Waals surface area contributed by atoms with E-state index in [0.29, 0.717) is 10.7 Å². The van der Waals surface area contributed by atoms with E-state index in [2.05, 4.69) is 25.9 Å². The Morgan fingerprint density at radius 1 is 1.23 bits per heavy atom. The van der Waals surface area contributed by atoms with E-state index in [1.807, 2.05) is 0 Å². The highest BCUT2D eigenvalue weighted by Gasteiger charge is 2.55. The van der Waals surface area contributed by atoms with Gasteiger partial charge in [0.2, 0.25) is 17.9 Å². The maximum Gasteiger partial charge on any atom is 0.442 e. The summed E-state index contributed by atoms with van der Waals surface area (Å²) < 4.78 is 47.5. The second kappa shape index (κ2) is 12.3. The maximum atomic E-state index is 13.2. The van der Waals surface area contributed by atoms with Crippen LogP contribution in [0.4, 0.5) is 13.2 Å². The molecule has 1 saturated heterocycles. The van der Waals surface area contributed by atoms with Crippen molar-refractivity contribution in [3.05, 3.63) is 47.2 Å². The standard InChI is InChI=1S/C21H19F3N6O6S3/c1-10(39-20-26-28-29-27-20)12-7-37-17-14(25-13(31)8-38-21(22,23)24)16(32)30(17)15(12)19(34)36-9-35-18(33)11-5-3-2-4-6-11/h2-6,10,14,17H,7-9H2,1H3,(H,25,31)(H,26,27,28,29)/t10?,14?,17-/m0/s1. The number of alkyl halides is 3. The van der Waals surface area contributed by atoms with Gasteiger partial charge in [-0.1, -0.05) is 30.0 Å². The zero-order valence-electron chi connectivity index (χ0n) is 19.8. The van der Waals surface area contributed by atoms with Crippen LogP contribution < -0.4 is 5.32 Å². The van der Waals surface area contributed by atoms with Gasteiger partial charge in [-0.2, -0.15) is 13.2 Å². The molecule has 1 aromatic carbocycles. The molecule has 1 aromatic heterocycles. The first-order valence-electron chi connectivity index (χ1n) is 11.0. The van der Waals surface area contributed by atoms with Crippen molar-refractivity contribution < 1.29 is 41.8 Å². The highest BCUT2D eigenvalue weighted by molar-refractivity contribution is 8.01. The number of amides is 2. The number of rotatable bonds is 10. The molecule has 1 fully saturated rings. The summed E-state index contributed by atoms with van der Waals surface area (Å²) in [6.45, 7) is 1.02. The average molecular weight is 605 g/mol. The third-order valence-electron chi connectivity index (χ3n) is 5.37. The van der Waals surface area contributed by atoms with E-state index in [-0.39, 0.29) is 17.0 Å². The fraction of sp³-hybridized carbons (Fsp3) is 0.381. The first-order valence-corrected chi connectivity index (χ1v) is 13.9. The molecule has 0 aliphatic carbocycles. The summed E-state index contributed by atoms with van der Waals surface area (Å²) in [7, 11) is 0. The molecule has 2 aromatic rings. The van der Waals surface area contributed by atoms with E-state index in [0.717, 1.165) is 4.90 Å². The van der Waals surface area contributed by atoms with Crippen LogP contribution in [0, 0.1) is 0 Å². The van der Waals surface area contributed by atoms with E-state index in [1.54, 1.807) is 25.1 Å². The number of aromatic amines is 1. The van der Waals surface area contributed by atoms with Gasteiger partial charge in [0.15, 0.2) is 0 Å². The van der Waals surface area contributed by atoms with Gasteiger partial charge in [0.05, 0.1) is 11.3 Å². The van der Waals surface area contributed by atoms with Crippen molar-refractivity contribution in [2.24, 2.45) is 0 Å². The molecule has 208 valence electrons. The smallest absolute Gasteiger partial charge is 0.424 e. The van der Waals surface area contributed by atoms with Gasteiger partial charge in [-0.15, -0.1) is 16.9 Å². The molecule has 39 heavy (non-hydrogen) atoms. The number of aromatic nitrogens is 4. The number of hydrogen-bond donors (Lipinski definition) is 2. The Labute approximate surface area is 231 Å². The summed E-state index contributed by atoms with van der Waals surface area (Å²) in [6, 6.07) is 6.89. The van der Waals surface area contributed by atoms with Gasteiger partial charge in [0.1, 0.15) is 17.1 Å². The van der Waals surface area contributed by atoms with Gasteiger partial charge >= 0.3 is 17.4 Å². The third kappa shape index (κ3) is 7.04. The molecule has 0 spiro atoms. The number of carbonyl (C=O) groups excluding carboxylic acids is 4. The minimum absolute atomic E-state index is 0.109. The molecular weight excluding hydrogens is 585 g/mol. The first-order chi connectivity index (χ1) is 18.5.